The van der Waals surface area contributed by atoms with Crippen molar-refractivity contribution in [1.82, 2.24) is 5.32 Å². The van der Waals surface area contributed by atoms with Crippen molar-refractivity contribution in [3.63, 3.8) is 0 Å². The highest BCUT2D eigenvalue weighted by Crippen LogP contribution is 2.43. The van der Waals surface area contributed by atoms with Crippen LogP contribution in [-0.4, -0.2) is 27.6 Å². The number of hydrogen-bond donors (Lipinski definition) is 1. The molecule has 2 aliphatic rings. The van der Waals surface area contributed by atoms with Gasteiger partial charge >= 0.3 is 0 Å². The van der Waals surface area contributed by atoms with Gasteiger partial charge in [0.1, 0.15) is 11.9 Å². The summed E-state index contributed by atoms with van der Waals surface area (Å²) in [5.41, 5.74) is 0.959. The quantitative estimate of drug-likeness (QED) is 0.859. The fourth-order valence-electron chi connectivity index (χ4n) is 3.38. The number of sulfone groups is 1. The Balaban J connectivity index is 1.80. The molecule has 4 rings (SSSR count). The summed E-state index contributed by atoms with van der Waals surface area (Å²) >= 11 is 12.1. The molecule has 2 aliphatic heterocycles. The molecule has 2 aromatic carbocycles. The van der Waals surface area contributed by atoms with E-state index in [1.54, 1.807) is 30.3 Å². The Morgan fingerprint density at radius 1 is 1.17 bits per heavy atom. The molecular formula is C17H15Cl2NO3S. The zero-order valence-corrected chi connectivity index (χ0v) is 15.0. The molecule has 0 amide bonds. The van der Waals surface area contributed by atoms with E-state index in [1.807, 2.05) is 0 Å². The van der Waals surface area contributed by atoms with Gasteiger partial charge in [-0.3, -0.25) is 0 Å². The monoisotopic (exact) mass is 383 g/mol. The highest BCUT2D eigenvalue weighted by molar-refractivity contribution is 7.91. The van der Waals surface area contributed by atoms with Crippen molar-refractivity contribution in [1.29, 1.82) is 0 Å². The molecule has 7 heteroatoms. The second kappa shape index (κ2) is 5.92. The molecule has 1 saturated heterocycles. The van der Waals surface area contributed by atoms with Crippen molar-refractivity contribution in [2.45, 2.75) is 28.2 Å². The molecule has 0 bridgehead atoms. The van der Waals surface area contributed by atoms with Crippen molar-refractivity contribution in [3.8, 4) is 5.75 Å². The third kappa shape index (κ3) is 2.51. The van der Waals surface area contributed by atoms with E-state index in [4.69, 9.17) is 27.9 Å². The summed E-state index contributed by atoms with van der Waals surface area (Å²) in [6.07, 6.45) is 1.00. The van der Waals surface area contributed by atoms with Gasteiger partial charge in [0.05, 0.1) is 19.8 Å². The molecule has 2 unspecified atom stereocenters. The summed E-state index contributed by atoms with van der Waals surface area (Å²) in [7, 11) is -3.74. The van der Waals surface area contributed by atoms with Gasteiger partial charge in [-0.15, -0.1) is 0 Å². The second-order valence-corrected chi connectivity index (χ2v) is 8.71. The normalized spacial score (nSPS) is 22.6. The lowest BCUT2D eigenvalue weighted by molar-refractivity contribution is 0.177. The highest BCUT2D eigenvalue weighted by atomic mass is 35.5. The first kappa shape index (κ1) is 16.2. The minimum Gasteiger partial charge on any atom is -0.488 e. The number of piperidine rings is 1. The summed E-state index contributed by atoms with van der Waals surface area (Å²) in [5, 5.41) is 3.57. The van der Waals surface area contributed by atoms with Crippen LogP contribution in [0.3, 0.4) is 0 Å². The Hall–Kier alpha value is -1.27. The fourth-order valence-corrected chi connectivity index (χ4v) is 5.43. The van der Waals surface area contributed by atoms with Gasteiger partial charge in [-0.05, 0) is 43.3 Å². The van der Waals surface area contributed by atoms with E-state index < -0.39 is 9.84 Å². The molecule has 2 heterocycles. The molecule has 2 aromatic rings. The molecule has 0 aromatic heterocycles. The second-order valence-electron chi connectivity index (χ2n) is 6.01. The van der Waals surface area contributed by atoms with E-state index in [0.717, 1.165) is 30.8 Å². The van der Waals surface area contributed by atoms with Crippen molar-refractivity contribution in [2.75, 3.05) is 13.1 Å². The number of ether oxygens (including phenoxy) is 1. The fraction of sp³-hybridized carbons (Fsp3) is 0.294. The summed E-state index contributed by atoms with van der Waals surface area (Å²) < 4.78 is 31.9. The molecule has 1 fully saturated rings. The third-order valence-electron chi connectivity index (χ3n) is 4.60. The van der Waals surface area contributed by atoms with Crippen molar-refractivity contribution < 1.29 is 13.2 Å². The minimum absolute atomic E-state index is 0.0254. The summed E-state index contributed by atoms with van der Waals surface area (Å²) in [5.74, 6) is 0.996. The molecule has 0 aliphatic carbocycles. The smallest absolute Gasteiger partial charge is 0.208 e. The average Bonchev–Trinajstić information content (AvgIpc) is 2.95. The number of nitrogens with one attached hydrogen (secondary N) is 1. The zero-order valence-electron chi connectivity index (χ0n) is 12.6. The van der Waals surface area contributed by atoms with Gasteiger partial charge in [0, 0.05) is 18.0 Å². The maximum atomic E-state index is 13.0. The largest absolute Gasteiger partial charge is 0.488 e. The third-order valence-corrected chi connectivity index (χ3v) is 7.33. The van der Waals surface area contributed by atoms with Gasteiger partial charge in [0.2, 0.25) is 9.84 Å². The number of hydrogen-bond acceptors (Lipinski definition) is 4. The summed E-state index contributed by atoms with van der Waals surface area (Å²) in [6, 6.07) is 9.65. The Morgan fingerprint density at radius 2 is 2.00 bits per heavy atom. The lowest BCUT2D eigenvalue weighted by atomic mass is 9.90. The van der Waals surface area contributed by atoms with E-state index >= 15 is 0 Å². The van der Waals surface area contributed by atoms with Crippen LogP contribution in [0.1, 0.15) is 17.9 Å². The molecule has 2 atom stereocenters. The maximum absolute atomic E-state index is 13.0. The van der Waals surface area contributed by atoms with Gasteiger partial charge in [-0.25, -0.2) is 8.42 Å². The number of rotatable bonds is 2. The van der Waals surface area contributed by atoms with Crippen LogP contribution in [0.4, 0.5) is 0 Å². The van der Waals surface area contributed by atoms with Crippen LogP contribution in [0.2, 0.25) is 10.0 Å². The predicted octanol–water partition coefficient (Wildman–Crippen LogP) is 3.66. The molecular weight excluding hydrogens is 369 g/mol. The zero-order chi connectivity index (χ0) is 16.9. The first-order valence-electron chi connectivity index (χ1n) is 7.69. The van der Waals surface area contributed by atoms with Crippen LogP contribution < -0.4 is 10.1 Å². The van der Waals surface area contributed by atoms with Crippen molar-refractivity contribution in [3.05, 3.63) is 52.0 Å². The SMILES string of the molecule is O=S(=O)(c1ccc2c(c1)C1CCNCC1O2)c1cccc(Cl)c1Cl. The van der Waals surface area contributed by atoms with E-state index in [9.17, 15) is 8.42 Å². The number of fused-ring (bicyclic) bond motifs is 3. The molecule has 1 N–H and O–H groups in total. The molecule has 0 radical (unpaired) electrons. The van der Waals surface area contributed by atoms with E-state index in [0.29, 0.717) is 0 Å². The number of benzene rings is 2. The molecule has 0 spiro atoms. The van der Waals surface area contributed by atoms with Gasteiger partial charge in [-0.1, -0.05) is 29.3 Å². The summed E-state index contributed by atoms with van der Waals surface area (Å²) in [6.45, 7) is 1.68. The van der Waals surface area contributed by atoms with Gasteiger partial charge in [0.15, 0.2) is 0 Å². The van der Waals surface area contributed by atoms with Crippen LogP contribution in [-0.2, 0) is 9.84 Å². The van der Waals surface area contributed by atoms with Crippen LogP contribution in [0, 0.1) is 0 Å². The Bertz CT molecular complexity index is 914. The summed E-state index contributed by atoms with van der Waals surface area (Å²) in [4.78, 5) is 0.241. The van der Waals surface area contributed by atoms with Crippen LogP contribution >= 0.6 is 23.2 Å². The van der Waals surface area contributed by atoms with E-state index in [1.165, 1.54) is 6.07 Å². The number of halogens is 2. The highest BCUT2D eigenvalue weighted by Gasteiger charge is 2.37. The Labute approximate surface area is 150 Å². The van der Waals surface area contributed by atoms with Gasteiger partial charge in [-0.2, -0.15) is 0 Å². The first-order chi connectivity index (χ1) is 11.5. The average molecular weight is 384 g/mol. The predicted molar refractivity (Wildman–Crippen MR) is 93.0 cm³/mol. The maximum Gasteiger partial charge on any atom is 0.208 e. The lowest BCUT2D eigenvalue weighted by Gasteiger charge is -2.24. The minimum atomic E-state index is -3.74. The molecule has 0 saturated carbocycles. The van der Waals surface area contributed by atoms with Crippen molar-refractivity contribution in [2.24, 2.45) is 0 Å². The Kier molecular flexibility index (Phi) is 4.00. The van der Waals surface area contributed by atoms with Crippen LogP contribution in [0.15, 0.2) is 46.2 Å². The molecule has 24 heavy (non-hydrogen) atoms. The molecule has 126 valence electrons. The van der Waals surface area contributed by atoms with Crippen LogP contribution in [0.5, 0.6) is 5.75 Å². The molecule has 4 nitrogen and oxygen atoms in total. The van der Waals surface area contributed by atoms with Gasteiger partial charge < -0.3 is 10.1 Å². The van der Waals surface area contributed by atoms with E-state index in [2.05, 4.69) is 5.32 Å². The topological polar surface area (TPSA) is 55.4 Å². The van der Waals surface area contributed by atoms with Crippen molar-refractivity contribution >= 4 is 33.0 Å². The Morgan fingerprint density at radius 3 is 2.83 bits per heavy atom. The van der Waals surface area contributed by atoms with Gasteiger partial charge in [0.25, 0.3) is 0 Å². The lowest BCUT2D eigenvalue weighted by Crippen LogP contribution is -2.39. The van der Waals surface area contributed by atoms with Crippen LogP contribution in [0.25, 0.3) is 0 Å². The first-order valence-corrected chi connectivity index (χ1v) is 9.93. The standard InChI is InChI=1S/C17H15Cl2NO3S/c18-13-2-1-3-16(17(13)19)24(21,22)10-4-5-14-12(8-10)11-6-7-20-9-15(11)23-14/h1-5,8,11,15,20H,6-7,9H2. The van der Waals surface area contributed by atoms with E-state index in [-0.39, 0.29) is 31.9 Å².